The molecule has 0 fully saturated rings. The lowest BCUT2D eigenvalue weighted by Crippen LogP contribution is -2.34. The Morgan fingerprint density at radius 2 is 1.89 bits per heavy atom. The van der Waals surface area contributed by atoms with E-state index < -0.39 is 17.2 Å². The number of benzene rings is 1. The molecule has 146 valence electrons. The minimum absolute atomic E-state index is 0.0328. The molecule has 10 heteroatoms. The van der Waals surface area contributed by atoms with Crippen molar-refractivity contribution in [3.05, 3.63) is 50.7 Å². The smallest absolute Gasteiger partial charge is 0.337 e. The Morgan fingerprint density at radius 3 is 2.46 bits per heavy atom. The maximum Gasteiger partial charge on any atom is 0.337 e. The van der Waals surface area contributed by atoms with Crippen molar-refractivity contribution >= 4 is 22.6 Å². The normalized spacial score (nSPS) is 10.7. The minimum atomic E-state index is -1.17. The van der Waals surface area contributed by atoms with Crippen LogP contribution >= 0.6 is 0 Å². The average Bonchev–Trinajstić information content (AvgIpc) is 2.66. The number of hydrogen-bond donors (Lipinski definition) is 2. The molecule has 0 saturated heterocycles. The predicted molar refractivity (Wildman–Crippen MR) is 102 cm³/mol. The van der Waals surface area contributed by atoms with E-state index in [0.717, 1.165) is 4.57 Å². The van der Waals surface area contributed by atoms with Crippen LogP contribution in [0.5, 0.6) is 11.6 Å². The monoisotopic (exact) mass is 386 g/mol. The molecule has 2 aromatic heterocycles. The van der Waals surface area contributed by atoms with E-state index in [1.807, 2.05) is 0 Å². The summed E-state index contributed by atoms with van der Waals surface area (Å²) >= 11 is 0. The van der Waals surface area contributed by atoms with Crippen LogP contribution in [-0.2, 0) is 0 Å². The number of carbonyl (C=O) groups is 1. The Hall–Kier alpha value is -3.82. The molecular weight excluding hydrogens is 368 g/mol. The molecule has 3 aromatic rings. The van der Waals surface area contributed by atoms with Gasteiger partial charge in [-0.3, -0.25) is 4.79 Å². The molecule has 0 unspecified atom stereocenters. The number of rotatable bonds is 5. The number of carboxylic acids is 1. The average molecular weight is 386 g/mol. The van der Waals surface area contributed by atoms with E-state index in [1.165, 1.54) is 38.5 Å². The maximum absolute atomic E-state index is 13.0. The molecule has 0 bridgehead atoms. The molecule has 28 heavy (non-hydrogen) atoms. The van der Waals surface area contributed by atoms with Crippen LogP contribution < -0.4 is 25.6 Å². The highest BCUT2D eigenvalue weighted by Gasteiger charge is 2.18. The lowest BCUT2D eigenvalue weighted by Gasteiger charge is -2.16. The van der Waals surface area contributed by atoms with Crippen LogP contribution in [0.15, 0.2) is 33.9 Å². The van der Waals surface area contributed by atoms with Crippen molar-refractivity contribution in [3.63, 3.8) is 0 Å². The van der Waals surface area contributed by atoms with Gasteiger partial charge in [0.1, 0.15) is 5.82 Å². The summed E-state index contributed by atoms with van der Waals surface area (Å²) in [6, 6.07) is 5.66. The Kier molecular flexibility index (Phi) is 4.78. The molecule has 0 atom stereocenters. The van der Waals surface area contributed by atoms with Gasteiger partial charge in [0.25, 0.3) is 11.4 Å². The molecule has 0 aliphatic rings. The number of H-pyrrole nitrogens is 1. The highest BCUT2D eigenvalue weighted by atomic mass is 16.5. The molecule has 0 saturated carbocycles. The lowest BCUT2D eigenvalue weighted by molar-refractivity contribution is 0.0697. The summed E-state index contributed by atoms with van der Waals surface area (Å²) in [5.74, 6) is -0.671. The maximum atomic E-state index is 13.0. The zero-order valence-corrected chi connectivity index (χ0v) is 15.6. The summed E-state index contributed by atoms with van der Waals surface area (Å²) in [6.07, 6.45) is 0. The third-order valence-electron chi connectivity index (χ3n) is 4.18. The highest BCUT2D eigenvalue weighted by Crippen LogP contribution is 2.25. The summed E-state index contributed by atoms with van der Waals surface area (Å²) in [5, 5.41) is 9.56. The fraction of sp³-hybridized carbons (Fsp3) is 0.222. The molecule has 0 aliphatic heterocycles. The third kappa shape index (κ3) is 3.04. The van der Waals surface area contributed by atoms with Crippen LogP contribution in [0.1, 0.15) is 10.4 Å². The molecule has 0 radical (unpaired) electrons. The van der Waals surface area contributed by atoms with E-state index in [9.17, 15) is 19.5 Å². The van der Waals surface area contributed by atoms with Crippen molar-refractivity contribution in [2.24, 2.45) is 0 Å². The first kappa shape index (κ1) is 19.0. The number of nitrogens with zero attached hydrogens (tertiary/aromatic N) is 3. The van der Waals surface area contributed by atoms with Gasteiger partial charge in [-0.2, -0.15) is 4.98 Å². The number of hydrogen-bond acceptors (Lipinski definition) is 7. The summed E-state index contributed by atoms with van der Waals surface area (Å²) < 4.78 is 11.1. The van der Waals surface area contributed by atoms with E-state index in [-0.39, 0.29) is 28.2 Å². The summed E-state index contributed by atoms with van der Waals surface area (Å²) in [4.78, 5) is 45.4. The van der Waals surface area contributed by atoms with E-state index in [4.69, 9.17) is 9.47 Å². The van der Waals surface area contributed by atoms with E-state index in [2.05, 4.69) is 9.97 Å². The lowest BCUT2D eigenvalue weighted by atomic mass is 10.1. The second-order valence-electron chi connectivity index (χ2n) is 6.07. The number of pyridine rings is 1. The van der Waals surface area contributed by atoms with Gasteiger partial charge in [-0.1, -0.05) is 0 Å². The Balaban J connectivity index is 2.34. The van der Waals surface area contributed by atoms with Crippen LogP contribution in [0.25, 0.3) is 16.7 Å². The number of carboxylic acid groups (broad SMARTS) is 1. The number of ether oxygens (including phenoxy) is 2. The van der Waals surface area contributed by atoms with Crippen molar-refractivity contribution in [2.75, 3.05) is 33.2 Å². The molecular formula is C18H18N4O6. The molecule has 2 N–H and O–H groups in total. The molecule has 2 heterocycles. The number of aromatic nitrogens is 3. The first-order valence-electron chi connectivity index (χ1n) is 8.11. The third-order valence-corrected chi connectivity index (χ3v) is 4.18. The fourth-order valence-electron chi connectivity index (χ4n) is 2.85. The van der Waals surface area contributed by atoms with Gasteiger partial charge >= 0.3 is 11.7 Å². The van der Waals surface area contributed by atoms with Gasteiger partial charge in [0.15, 0.2) is 5.75 Å². The highest BCUT2D eigenvalue weighted by molar-refractivity contribution is 5.99. The number of aromatic amines is 1. The van der Waals surface area contributed by atoms with Gasteiger partial charge in [0, 0.05) is 14.1 Å². The molecule has 3 rings (SSSR count). The van der Waals surface area contributed by atoms with Crippen molar-refractivity contribution in [2.45, 2.75) is 0 Å². The largest absolute Gasteiger partial charge is 0.491 e. The van der Waals surface area contributed by atoms with Crippen molar-refractivity contribution < 1.29 is 19.4 Å². The summed E-state index contributed by atoms with van der Waals surface area (Å²) in [6.45, 7) is 0. The molecule has 0 spiro atoms. The number of nitrogens with one attached hydrogen (secondary N) is 1. The van der Waals surface area contributed by atoms with Crippen LogP contribution in [0.3, 0.4) is 0 Å². The van der Waals surface area contributed by atoms with E-state index >= 15 is 0 Å². The van der Waals surface area contributed by atoms with E-state index in [1.54, 1.807) is 19.0 Å². The second-order valence-corrected chi connectivity index (χ2v) is 6.07. The van der Waals surface area contributed by atoms with Gasteiger partial charge in [0.2, 0.25) is 0 Å². The number of fused-ring (bicyclic) bond motifs is 1. The first-order valence-corrected chi connectivity index (χ1v) is 8.11. The molecule has 1 aromatic carbocycles. The fourth-order valence-corrected chi connectivity index (χ4v) is 2.85. The Labute approximate surface area is 158 Å². The molecule has 0 amide bonds. The van der Waals surface area contributed by atoms with Gasteiger partial charge in [-0.15, -0.1) is 0 Å². The molecule has 10 nitrogen and oxygen atoms in total. The minimum Gasteiger partial charge on any atom is -0.491 e. The van der Waals surface area contributed by atoms with Gasteiger partial charge in [0.05, 0.1) is 36.4 Å². The van der Waals surface area contributed by atoms with Crippen LogP contribution in [0.4, 0.5) is 5.69 Å². The van der Waals surface area contributed by atoms with Gasteiger partial charge < -0.3 is 24.5 Å². The summed E-state index contributed by atoms with van der Waals surface area (Å²) in [5.41, 5.74) is -0.982. The van der Waals surface area contributed by atoms with Crippen LogP contribution in [0.2, 0.25) is 0 Å². The Morgan fingerprint density at radius 1 is 1.18 bits per heavy atom. The van der Waals surface area contributed by atoms with Crippen molar-refractivity contribution in [1.82, 2.24) is 14.5 Å². The standard InChI is InChI=1S/C18H18N4O6/c1-21(2)12-8-9-11(7-10(12)17(24)25)19-18(26)22(16(9)23)14-6-5-13(27-3)15(20-14)28-4/h5-8H,1-4H3,(H,19,26)(H,24,25). The van der Waals surface area contributed by atoms with Gasteiger partial charge in [-0.05, 0) is 24.3 Å². The topological polar surface area (TPSA) is 127 Å². The predicted octanol–water partition coefficient (Wildman–Crippen LogP) is 0.855. The number of anilines is 1. The van der Waals surface area contributed by atoms with E-state index in [0.29, 0.717) is 11.4 Å². The zero-order chi connectivity index (χ0) is 20.6. The zero-order valence-electron chi connectivity index (χ0n) is 15.6. The number of aromatic carboxylic acids is 1. The van der Waals surface area contributed by atoms with Crippen molar-refractivity contribution in [3.8, 4) is 17.4 Å². The first-order chi connectivity index (χ1) is 13.3. The Bertz CT molecular complexity index is 1200. The number of methoxy groups -OCH3 is 2. The van der Waals surface area contributed by atoms with Gasteiger partial charge in [-0.25, -0.2) is 14.2 Å². The second kappa shape index (κ2) is 7.06. The van der Waals surface area contributed by atoms with Crippen LogP contribution in [0, 0.1) is 0 Å². The SMILES string of the molecule is COc1ccc(-n2c(=O)[nH]c3cc(C(=O)O)c(N(C)C)cc3c2=O)nc1OC. The quantitative estimate of drug-likeness (QED) is 0.661. The van der Waals surface area contributed by atoms with Crippen LogP contribution in [-0.4, -0.2) is 53.9 Å². The summed E-state index contributed by atoms with van der Waals surface area (Å²) in [7, 11) is 6.15. The van der Waals surface area contributed by atoms with Crippen molar-refractivity contribution in [1.29, 1.82) is 0 Å². The molecule has 0 aliphatic carbocycles.